The maximum absolute atomic E-state index is 12.0. The minimum absolute atomic E-state index is 0.151. The molecule has 5 nitrogen and oxygen atoms in total. The van der Waals surface area contributed by atoms with Gasteiger partial charge in [0, 0.05) is 6.54 Å². The van der Waals surface area contributed by atoms with Gasteiger partial charge in [-0.1, -0.05) is 26.7 Å². The summed E-state index contributed by atoms with van der Waals surface area (Å²) in [6.07, 6.45) is 3.87. The number of hydrogen-bond donors (Lipinski definition) is 2. The van der Waals surface area contributed by atoms with Crippen LogP contribution < -0.4 is 5.32 Å². The number of rotatable bonds is 8. The molecular weight excluding hydrogens is 282 g/mol. The van der Waals surface area contributed by atoms with Crippen molar-refractivity contribution in [3.63, 3.8) is 0 Å². The molecule has 1 fully saturated rings. The largest absolute Gasteiger partial charge is 0.481 e. The van der Waals surface area contributed by atoms with Crippen LogP contribution >= 0.6 is 0 Å². The molecule has 1 unspecified atom stereocenters. The second-order valence-corrected chi connectivity index (χ2v) is 7.48. The van der Waals surface area contributed by atoms with E-state index in [4.69, 9.17) is 4.74 Å². The van der Waals surface area contributed by atoms with Gasteiger partial charge < -0.3 is 15.2 Å². The molecule has 0 spiro atoms. The average molecular weight is 313 g/mol. The maximum Gasteiger partial charge on any atom is 0.407 e. The van der Waals surface area contributed by atoms with Gasteiger partial charge in [-0.3, -0.25) is 4.79 Å². The molecule has 2 N–H and O–H groups in total. The number of aliphatic carboxylic acids is 1. The van der Waals surface area contributed by atoms with E-state index in [9.17, 15) is 14.7 Å². The quantitative estimate of drug-likeness (QED) is 0.714. The number of carboxylic acid groups (broad SMARTS) is 1. The summed E-state index contributed by atoms with van der Waals surface area (Å²) in [4.78, 5) is 23.8. The minimum Gasteiger partial charge on any atom is -0.481 e. The first-order chi connectivity index (χ1) is 10.1. The Morgan fingerprint density at radius 3 is 2.14 bits per heavy atom. The first-order valence-electron chi connectivity index (χ1n) is 8.34. The summed E-state index contributed by atoms with van der Waals surface area (Å²) in [5.41, 5.74) is -1.43. The van der Waals surface area contributed by atoms with Crippen LogP contribution in [-0.2, 0) is 9.53 Å². The summed E-state index contributed by atoms with van der Waals surface area (Å²) < 4.78 is 5.23. The van der Waals surface area contributed by atoms with Gasteiger partial charge in [0.1, 0.15) is 5.60 Å². The molecule has 22 heavy (non-hydrogen) atoms. The van der Waals surface area contributed by atoms with Crippen LogP contribution in [0.4, 0.5) is 4.79 Å². The zero-order valence-electron chi connectivity index (χ0n) is 14.6. The zero-order chi connectivity index (χ0) is 17.0. The number of hydrogen-bond acceptors (Lipinski definition) is 3. The molecule has 1 aliphatic carbocycles. The molecule has 128 valence electrons. The highest BCUT2D eigenvalue weighted by atomic mass is 16.6. The van der Waals surface area contributed by atoms with Crippen molar-refractivity contribution < 1.29 is 19.4 Å². The highest BCUT2D eigenvalue weighted by Gasteiger charge is 2.51. The van der Waals surface area contributed by atoms with E-state index in [0.29, 0.717) is 12.3 Å². The van der Waals surface area contributed by atoms with Gasteiger partial charge in [-0.05, 0) is 51.9 Å². The Morgan fingerprint density at radius 1 is 1.23 bits per heavy atom. The van der Waals surface area contributed by atoms with Crippen molar-refractivity contribution in [1.29, 1.82) is 0 Å². The molecule has 1 saturated carbocycles. The fourth-order valence-electron chi connectivity index (χ4n) is 2.99. The van der Waals surface area contributed by atoms with E-state index in [-0.39, 0.29) is 12.5 Å². The van der Waals surface area contributed by atoms with Crippen LogP contribution in [0, 0.1) is 17.3 Å². The van der Waals surface area contributed by atoms with E-state index in [1.165, 1.54) is 0 Å². The van der Waals surface area contributed by atoms with Crippen molar-refractivity contribution in [2.24, 2.45) is 17.3 Å². The van der Waals surface area contributed by atoms with Crippen molar-refractivity contribution in [2.45, 2.75) is 72.3 Å². The number of alkyl carbamates (subject to hydrolysis) is 1. The lowest BCUT2D eigenvalue weighted by molar-refractivity contribution is -0.151. The fraction of sp³-hybridized carbons (Fsp3) is 0.882. The predicted molar refractivity (Wildman–Crippen MR) is 85.7 cm³/mol. The molecule has 5 heteroatoms. The third-order valence-corrected chi connectivity index (χ3v) is 4.54. The van der Waals surface area contributed by atoms with Crippen LogP contribution in [0.3, 0.4) is 0 Å². The Hall–Kier alpha value is -1.26. The molecular formula is C17H31NO4. The molecule has 0 aromatic heterocycles. The van der Waals surface area contributed by atoms with Gasteiger partial charge in [0.15, 0.2) is 0 Å². The Balaban J connectivity index is 2.78. The molecule has 0 aliphatic heterocycles. The molecule has 1 rings (SSSR count). The Bertz CT molecular complexity index is 394. The van der Waals surface area contributed by atoms with Gasteiger partial charge in [-0.15, -0.1) is 0 Å². The predicted octanol–water partition coefficient (Wildman–Crippen LogP) is 3.82. The second-order valence-electron chi connectivity index (χ2n) is 7.48. The van der Waals surface area contributed by atoms with Gasteiger partial charge in [0.25, 0.3) is 0 Å². The summed E-state index contributed by atoms with van der Waals surface area (Å²) >= 11 is 0. The van der Waals surface area contributed by atoms with E-state index in [0.717, 1.165) is 25.7 Å². The SMILES string of the molecule is CCC(CC)CC(CNC(=O)OC(C)(C)C)(C(=O)O)C1CC1. The van der Waals surface area contributed by atoms with Crippen molar-refractivity contribution >= 4 is 12.1 Å². The summed E-state index contributed by atoms with van der Waals surface area (Å²) in [6.45, 7) is 9.72. The molecule has 0 saturated heterocycles. The van der Waals surface area contributed by atoms with Gasteiger partial charge in [0.05, 0.1) is 5.41 Å². The molecule has 1 aliphatic rings. The van der Waals surface area contributed by atoms with Gasteiger partial charge in [-0.25, -0.2) is 4.79 Å². The molecule has 0 aromatic carbocycles. The van der Waals surface area contributed by atoms with E-state index in [2.05, 4.69) is 19.2 Å². The smallest absolute Gasteiger partial charge is 0.407 e. The topological polar surface area (TPSA) is 75.6 Å². The van der Waals surface area contributed by atoms with Crippen molar-refractivity contribution in [3.05, 3.63) is 0 Å². The number of carboxylic acids is 1. The molecule has 0 radical (unpaired) electrons. The normalized spacial score (nSPS) is 17.9. The minimum atomic E-state index is -0.854. The highest BCUT2D eigenvalue weighted by Crippen LogP contribution is 2.50. The number of carbonyl (C=O) groups is 2. The van der Waals surface area contributed by atoms with Crippen molar-refractivity contribution in [2.75, 3.05) is 6.54 Å². The summed E-state index contributed by atoms with van der Waals surface area (Å²) in [6, 6.07) is 0. The van der Waals surface area contributed by atoms with Crippen LogP contribution in [0.25, 0.3) is 0 Å². The monoisotopic (exact) mass is 313 g/mol. The van der Waals surface area contributed by atoms with Crippen molar-refractivity contribution in [1.82, 2.24) is 5.32 Å². The lowest BCUT2D eigenvalue weighted by Crippen LogP contribution is -2.47. The summed E-state index contributed by atoms with van der Waals surface area (Å²) in [7, 11) is 0. The fourth-order valence-corrected chi connectivity index (χ4v) is 2.99. The lowest BCUT2D eigenvalue weighted by Gasteiger charge is -2.33. The molecule has 1 amide bonds. The van der Waals surface area contributed by atoms with Crippen LogP contribution in [-0.4, -0.2) is 29.3 Å². The van der Waals surface area contributed by atoms with Crippen LogP contribution in [0.15, 0.2) is 0 Å². The van der Waals surface area contributed by atoms with Crippen LogP contribution in [0.5, 0.6) is 0 Å². The Morgan fingerprint density at radius 2 is 1.77 bits per heavy atom. The molecule has 0 aromatic rings. The van der Waals surface area contributed by atoms with Gasteiger partial charge in [0.2, 0.25) is 0 Å². The van der Waals surface area contributed by atoms with Gasteiger partial charge >= 0.3 is 12.1 Å². The molecule has 1 atom stereocenters. The van der Waals surface area contributed by atoms with Crippen LogP contribution in [0.1, 0.15) is 66.7 Å². The Labute approximate surface area is 133 Å². The molecule has 0 heterocycles. The standard InChI is InChI=1S/C17H31NO4/c1-6-12(7-2)10-17(14(19)20,13-8-9-13)11-18-15(21)22-16(3,4)5/h12-13H,6-11H2,1-5H3,(H,18,21)(H,19,20). The number of nitrogens with one attached hydrogen (secondary N) is 1. The summed E-state index contributed by atoms with van der Waals surface area (Å²) in [5, 5.41) is 12.5. The second kappa shape index (κ2) is 7.34. The van der Waals surface area contributed by atoms with Crippen molar-refractivity contribution in [3.8, 4) is 0 Å². The first-order valence-corrected chi connectivity index (χ1v) is 8.34. The Kier molecular flexibility index (Phi) is 6.27. The average Bonchev–Trinajstić information content (AvgIpc) is 3.22. The van der Waals surface area contributed by atoms with Crippen LogP contribution in [0.2, 0.25) is 0 Å². The lowest BCUT2D eigenvalue weighted by atomic mass is 9.73. The highest BCUT2D eigenvalue weighted by molar-refractivity contribution is 5.77. The van der Waals surface area contributed by atoms with E-state index >= 15 is 0 Å². The van der Waals surface area contributed by atoms with E-state index in [1.54, 1.807) is 20.8 Å². The van der Waals surface area contributed by atoms with Gasteiger partial charge in [-0.2, -0.15) is 0 Å². The number of ether oxygens (including phenoxy) is 1. The molecule has 0 bridgehead atoms. The first kappa shape index (κ1) is 18.8. The third-order valence-electron chi connectivity index (χ3n) is 4.54. The van der Waals surface area contributed by atoms with E-state index < -0.39 is 23.1 Å². The number of amides is 1. The maximum atomic E-state index is 12.0. The number of carbonyl (C=O) groups excluding carboxylic acids is 1. The van der Waals surface area contributed by atoms with E-state index in [1.807, 2.05) is 0 Å². The third kappa shape index (κ3) is 5.18. The zero-order valence-corrected chi connectivity index (χ0v) is 14.6. The summed E-state index contributed by atoms with van der Waals surface area (Å²) in [5.74, 6) is -0.254.